The molecule has 0 saturated heterocycles. The predicted octanol–water partition coefficient (Wildman–Crippen LogP) is 2.89. The van der Waals surface area contributed by atoms with Crippen molar-refractivity contribution < 1.29 is 21.6 Å². The number of hydrogen-bond donors (Lipinski definition) is 1. The highest BCUT2D eigenvalue weighted by molar-refractivity contribution is 7.89. The van der Waals surface area contributed by atoms with E-state index in [-0.39, 0.29) is 11.4 Å². The average Bonchev–Trinajstić information content (AvgIpc) is 3.23. The minimum Gasteiger partial charge on any atom is -0.269 e. The van der Waals surface area contributed by atoms with Gasteiger partial charge in [-0.1, -0.05) is 12.8 Å². The van der Waals surface area contributed by atoms with Crippen LogP contribution >= 0.6 is 0 Å². The first-order valence-corrected chi connectivity index (χ1v) is 9.31. The van der Waals surface area contributed by atoms with Gasteiger partial charge in [0.2, 0.25) is 10.0 Å². The quantitative estimate of drug-likeness (QED) is 0.873. The van der Waals surface area contributed by atoms with Gasteiger partial charge in [-0.05, 0) is 31.0 Å². The van der Waals surface area contributed by atoms with Gasteiger partial charge in [-0.25, -0.2) is 13.1 Å². The minimum atomic E-state index is -4.61. The molecule has 0 unspecified atom stereocenters. The summed E-state index contributed by atoms with van der Waals surface area (Å²) < 4.78 is 65.9. The van der Waals surface area contributed by atoms with E-state index in [0.29, 0.717) is 24.0 Å². The lowest BCUT2D eigenvalue weighted by Gasteiger charge is -2.09. The zero-order valence-electron chi connectivity index (χ0n) is 13.2. The van der Waals surface area contributed by atoms with E-state index in [9.17, 15) is 21.6 Å². The second kappa shape index (κ2) is 6.75. The average molecular weight is 374 g/mol. The van der Waals surface area contributed by atoms with Crippen LogP contribution in [0, 0.1) is 0 Å². The molecule has 1 fully saturated rings. The fourth-order valence-corrected chi connectivity index (χ4v) is 3.75. The molecule has 25 heavy (non-hydrogen) atoms. The van der Waals surface area contributed by atoms with Crippen molar-refractivity contribution in [2.45, 2.75) is 49.3 Å². The van der Waals surface area contributed by atoms with Gasteiger partial charge in [-0.15, -0.1) is 0 Å². The first kappa shape index (κ1) is 17.9. The van der Waals surface area contributed by atoms with Crippen LogP contribution < -0.4 is 4.72 Å². The monoisotopic (exact) mass is 374 g/mol. The molecular formula is C15H17F3N4O2S. The smallest absolute Gasteiger partial charge is 0.269 e. The Kier molecular flexibility index (Phi) is 4.83. The topological polar surface area (TPSA) is 76.9 Å². The van der Waals surface area contributed by atoms with Crippen LogP contribution in [-0.4, -0.2) is 23.2 Å². The van der Waals surface area contributed by atoms with Crippen molar-refractivity contribution in [1.29, 1.82) is 0 Å². The molecule has 0 spiro atoms. The molecule has 0 bridgehead atoms. The number of rotatable bonds is 5. The van der Waals surface area contributed by atoms with Crippen LogP contribution in [0.2, 0.25) is 0 Å². The number of hydrogen-bond acceptors (Lipinski definition) is 4. The zero-order valence-corrected chi connectivity index (χ0v) is 14.0. The number of pyridine rings is 1. The molecular weight excluding hydrogens is 357 g/mol. The van der Waals surface area contributed by atoms with Gasteiger partial charge in [-0.2, -0.15) is 18.3 Å². The molecule has 136 valence electrons. The molecule has 2 aromatic rings. The van der Waals surface area contributed by atoms with Gasteiger partial charge in [0.05, 0.1) is 18.3 Å². The van der Waals surface area contributed by atoms with E-state index in [1.165, 1.54) is 0 Å². The molecule has 0 aliphatic heterocycles. The summed E-state index contributed by atoms with van der Waals surface area (Å²) in [6, 6.07) is 3.61. The summed E-state index contributed by atoms with van der Waals surface area (Å²) in [6.07, 6.45) is 2.35. The van der Waals surface area contributed by atoms with Crippen LogP contribution in [0.25, 0.3) is 0 Å². The molecule has 1 N–H and O–H groups in total. The van der Waals surface area contributed by atoms with Crippen LogP contribution in [0.3, 0.4) is 0 Å². The SMILES string of the molecule is O=S(=O)(NCc1ccn(C2CCCC2)n1)c1ccc(C(F)(F)F)nc1. The highest BCUT2D eigenvalue weighted by atomic mass is 32.2. The number of nitrogens with one attached hydrogen (secondary N) is 1. The van der Waals surface area contributed by atoms with E-state index in [1.54, 1.807) is 6.07 Å². The van der Waals surface area contributed by atoms with Crippen molar-refractivity contribution in [3.63, 3.8) is 0 Å². The van der Waals surface area contributed by atoms with Crippen LogP contribution in [-0.2, 0) is 22.7 Å². The van der Waals surface area contributed by atoms with Crippen molar-refractivity contribution in [2.75, 3.05) is 0 Å². The summed E-state index contributed by atoms with van der Waals surface area (Å²) in [5.41, 5.74) is -0.586. The van der Waals surface area contributed by atoms with Crippen LogP contribution in [0.5, 0.6) is 0 Å². The van der Waals surface area contributed by atoms with Crippen molar-refractivity contribution in [1.82, 2.24) is 19.5 Å². The largest absolute Gasteiger partial charge is 0.433 e. The second-order valence-electron chi connectivity index (χ2n) is 5.93. The summed E-state index contributed by atoms with van der Waals surface area (Å²) in [5, 5.41) is 4.36. The molecule has 6 nitrogen and oxygen atoms in total. The van der Waals surface area contributed by atoms with Crippen LogP contribution in [0.4, 0.5) is 13.2 Å². The van der Waals surface area contributed by atoms with Crippen molar-refractivity contribution in [3.05, 3.63) is 42.0 Å². The Labute approximate surface area is 143 Å². The molecule has 3 rings (SSSR count). The first-order chi connectivity index (χ1) is 11.8. The Morgan fingerprint density at radius 3 is 2.52 bits per heavy atom. The lowest BCUT2D eigenvalue weighted by Crippen LogP contribution is -2.24. The second-order valence-corrected chi connectivity index (χ2v) is 7.69. The minimum absolute atomic E-state index is 0.0386. The van der Waals surface area contributed by atoms with Gasteiger partial charge in [0.25, 0.3) is 0 Å². The number of halogens is 3. The number of nitrogens with zero attached hydrogens (tertiary/aromatic N) is 3. The fourth-order valence-electron chi connectivity index (χ4n) is 2.80. The number of aromatic nitrogens is 3. The third-order valence-corrected chi connectivity index (χ3v) is 5.53. The third kappa shape index (κ3) is 4.18. The molecule has 10 heteroatoms. The standard InChI is InChI=1S/C15H17F3N4O2S/c16-15(17,18)14-6-5-13(10-19-14)25(23,24)20-9-11-7-8-22(21-11)12-3-1-2-4-12/h5-8,10,12,20H,1-4,9H2. The van der Waals surface area contributed by atoms with Crippen LogP contribution in [0.15, 0.2) is 35.5 Å². The van der Waals surface area contributed by atoms with Crippen molar-refractivity contribution in [3.8, 4) is 0 Å². The summed E-state index contributed by atoms with van der Waals surface area (Å²) in [6.45, 7) is -0.0386. The molecule has 2 aromatic heterocycles. The Balaban J connectivity index is 1.65. The number of sulfonamides is 1. The van der Waals surface area contributed by atoms with Gasteiger partial charge in [0.15, 0.2) is 0 Å². The molecule has 1 aliphatic rings. The molecule has 0 amide bonds. The van der Waals surface area contributed by atoms with E-state index in [0.717, 1.165) is 31.7 Å². The highest BCUT2D eigenvalue weighted by Crippen LogP contribution is 2.29. The summed E-state index contributed by atoms with van der Waals surface area (Å²) >= 11 is 0. The van der Waals surface area contributed by atoms with Crippen molar-refractivity contribution in [2.24, 2.45) is 0 Å². The van der Waals surface area contributed by atoms with E-state index >= 15 is 0 Å². The fraction of sp³-hybridized carbons (Fsp3) is 0.467. The zero-order chi connectivity index (χ0) is 18.1. The Morgan fingerprint density at radius 1 is 1.20 bits per heavy atom. The first-order valence-electron chi connectivity index (χ1n) is 7.83. The molecule has 1 aliphatic carbocycles. The van der Waals surface area contributed by atoms with Crippen LogP contribution in [0.1, 0.15) is 43.1 Å². The van der Waals surface area contributed by atoms with Gasteiger partial charge in [-0.3, -0.25) is 9.67 Å². The normalized spacial score (nSPS) is 16.4. The molecule has 1 saturated carbocycles. The van der Waals surface area contributed by atoms with Gasteiger partial charge in [0.1, 0.15) is 10.6 Å². The van der Waals surface area contributed by atoms with Gasteiger partial charge < -0.3 is 0 Å². The molecule has 0 atom stereocenters. The number of alkyl halides is 3. The third-order valence-electron chi connectivity index (χ3n) is 4.14. The Bertz CT molecular complexity index is 825. The summed E-state index contributed by atoms with van der Waals surface area (Å²) in [4.78, 5) is 2.84. The molecule has 0 radical (unpaired) electrons. The van der Waals surface area contributed by atoms with Crippen molar-refractivity contribution >= 4 is 10.0 Å². The van der Waals surface area contributed by atoms with E-state index in [4.69, 9.17) is 0 Å². The maximum absolute atomic E-state index is 12.5. The highest BCUT2D eigenvalue weighted by Gasteiger charge is 2.32. The maximum Gasteiger partial charge on any atom is 0.433 e. The van der Waals surface area contributed by atoms with E-state index in [1.807, 2.05) is 10.9 Å². The Morgan fingerprint density at radius 2 is 1.92 bits per heavy atom. The molecule has 0 aromatic carbocycles. The lowest BCUT2D eigenvalue weighted by atomic mass is 10.3. The maximum atomic E-state index is 12.5. The van der Waals surface area contributed by atoms with E-state index in [2.05, 4.69) is 14.8 Å². The molecule has 2 heterocycles. The van der Waals surface area contributed by atoms with E-state index < -0.39 is 21.9 Å². The predicted molar refractivity (Wildman–Crippen MR) is 83.0 cm³/mol. The summed E-state index contributed by atoms with van der Waals surface area (Å²) in [5.74, 6) is 0. The summed E-state index contributed by atoms with van der Waals surface area (Å²) in [7, 11) is -3.96. The van der Waals surface area contributed by atoms with Gasteiger partial charge in [0, 0.05) is 12.4 Å². The Hall–Kier alpha value is -1.94. The lowest BCUT2D eigenvalue weighted by molar-refractivity contribution is -0.141. The van der Waals surface area contributed by atoms with Gasteiger partial charge >= 0.3 is 6.18 Å².